The number of carbonyl (C=O) groups is 4. The van der Waals surface area contributed by atoms with Crippen molar-refractivity contribution in [1.82, 2.24) is 10.4 Å². The number of rotatable bonds is 4. The number of hydrazine groups is 1. The number of hydrogen-bond acceptors (Lipinski definition) is 5. The Hall–Kier alpha value is -2.70. The van der Waals surface area contributed by atoms with Crippen LogP contribution in [0, 0.1) is 16.7 Å². The van der Waals surface area contributed by atoms with Crippen LogP contribution in [-0.2, 0) is 14.3 Å². The van der Waals surface area contributed by atoms with Crippen molar-refractivity contribution in [2.75, 3.05) is 6.61 Å². The molecule has 1 aromatic rings. The highest BCUT2D eigenvalue weighted by Gasteiger charge is 2.64. The van der Waals surface area contributed by atoms with Crippen LogP contribution in [0.5, 0.6) is 0 Å². The van der Waals surface area contributed by atoms with Gasteiger partial charge >= 0.3 is 5.97 Å². The molecule has 1 aliphatic carbocycles. The van der Waals surface area contributed by atoms with Gasteiger partial charge in [-0.05, 0) is 49.4 Å². The van der Waals surface area contributed by atoms with Crippen LogP contribution in [0.15, 0.2) is 24.3 Å². The summed E-state index contributed by atoms with van der Waals surface area (Å²) < 4.78 is 4.90. The molecule has 2 aliphatic rings. The van der Waals surface area contributed by atoms with Gasteiger partial charge in [0.1, 0.15) is 0 Å². The second kappa shape index (κ2) is 6.48. The maximum absolute atomic E-state index is 12.9. The van der Waals surface area contributed by atoms with E-state index in [4.69, 9.17) is 4.74 Å². The van der Waals surface area contributed by atoms with Crippen molar-refractivity contribution in [1.29, 1.82) is 0 Å². The zero-order chi connectivity index (χ0) is 20.0. The summed E-state index contributed by atoms with van der Waals surface area (Å²) in [4.78, 5) is 49.9. The predicted molar refractivity (Wildman–Crippen MR) is 96.3 cm³/mol. The smallest absolute Gasteiger partial charge is 0.338 e. The van der Waals surface area contributed by atoms with E-state index in [2.05, 4.69) is 5.43 Å². The van der Waals surface area contributed by atoms with Gasteiger partial charge in [-0.1, -0.05) is 20.8 Å². The van der Waals surface area contributed by atoms with E-state index in [1.807, 2.05) is 20.8 Å². The number of amides is 3. The Morgan fingerprint density at radius 2 is 1.74 bits per heavy atom. The van der Waals surface area contributed by atoms with E-state index in [0.29, 0.717) is 18.4 Å². The van der Waals surface area contributed by atoms with Crippen LogP contribution in [-0.4, -0.2) is 35.3 Å². The fourth-order valence-corrected chi connectivity index (χ4v) is 4.06. The Morgan fingerprint density at radius 3 is 2.33 bits per heavy atom. The minimum absolute atomic E-state index is 0.242. The second-order valence-electron chi connectivity index (χ2n) is 7.86. The van der Waals surface area contributed by atoms with E-state index in [0.717, 1.165) is 5.01 Å². The molecular weight excluding hydrogens is 348 g/mol. The molecule has 27 heavy (non-hydrogen) atoms. The summed E-state index contributed by atoms with van der Waals surface area (Å²) in [5.74, 6) is -2.08. The fraction of sp³-hybridized carbons (Fsp3) is 0.500. The third kappa shape index (κ3) is 2.81. The van der Waals surface area contributed by atoms with Crippen LogP contribution >= 0.6 is 0 Å². The van der Waals surface area contributed by atoms with E-state index >= 15 is 0 Å². The lowest BCUT2D eigenvalue weighted by atomic mass is 9.63. The number of hydrogen-bond donors (Lipinski definition) is 1. The predicted octanol–water partition coefficient (Wildman–Crippen LogP) is 2.32. The van der Waals surface area contributed by atoms with E-state index in [1.54, 1.807) is 6.92 Å². The largest absolute Gasteiger partial charge is 0.462 e. The first kappa shape index (κ1) is 19.1. The van der Waals surface area contributed by atoms with Crippen LogP contribution in [0.2, 0.25) is 0 Å². The standard InChI is InChI=1S/C20H24N2O5/c1-5-27-17(25)13-8-6-12(7-9-13)15(23)21-22-16(24)14-10-11-20(4,18(22)26)19(14,2)3/h6-9,14H,5,10-11H2,1-4H3,(H,21,23). The van der Waals surface area contributed by atoms with Gasteiger partial charge in [-0.2, -0.15) is 5.01 Å². The topological polar surface area (TPSA) is 92.8 Å². The van der Waals surface area contributed by atoms with Gasteiger partial charge in [0.25, 0.3) is 17.7 Å². The summed E-state index contributed by atoms with van der Waals surface area (Å²) in [5.41, 5.74) is 1.89. The summed E-state index contributed by atoms with van der Waals surface area (Å²) in [6.07, 6.45) is 1.25. The van der Waals surface area contributed by atoms with Crippen LogP contribution in [0.4, 0.5) is 0 Å². The van der Waals surface area contributed by atoms with Gasteiger partial charge in [0.15, 0.2) is 0 Å². The number of ether oxygens (including phenoxy) is 1. The number of carbonyl (C=O) groups excluding carboxylic acids is 4. The van der Waals surface area contributed by atoms with E-state index in [-0.39, 0.29) is 29.9 Å². The summed E-state index contributed by atoms with van der Waals surface area (Å²) in [6.45, 7) is 7.70. The average molecular weight is 372 g/mol. The summed E-state index contributed by atoms with van der Waals surface area (Å²) in [7, 11) is 0. The Morgan fingerprint density at radius 1 is 1.15 bits per heavy atom. The van der Waals surface area contributed by atoms with Crippen LogP contribution < -0.4 is 5.43 Å². The van der Waals surface area contributed by atoms with Crippen molar-refractivity contribution < 1.29 is 23.9 Å². The van der Waals surface area contributed by atoms with Crippen molar-refractivity contribution in [3.05, 3.63) is 35.4 Å². The Balaban J connectivity index is 1.77. The molecule has 1 saturated heterocycles. The maximum atomic E-state index is 12.9. The van der Waals surface area contributed by atoms with Gasteiger partial charge in [-0.25, -0.2) is 4.79 Å². The van der Waals surface area contributed by atoms with E-state index in [1.165, 1.54) is 24.3 Å². The number of nitrogens with one attached hydrogen (secondary N) is 1. The lowest BCUT2D eigenvalue weighted by Crippen LogP contribution is -2.63. The molecule has 144 valence electrons. The Bertz CT molecular complexity index is 814. The van der Waals surface area contributed by atoms with Gasteiger partial charge in [0.05, 0.1) is 17.6 Å². The number of nitrogens with zero attached hydrogens (tertiary/aromatic N) is 1. The lowest BCUT2D eigenvalue weighted by Gasteiger charge is -2.47. The maximum Gasteiger partial charge on any atom is 0.338 e. The molecule has 1 heterocycles. The van der Waals surface area contributed by atoms with Gasteiger partial charge in [0, 0.05) is 11.5 Å². The zero-order valence-electron chi connectivity index (χ0n) is 16.0. The molecule has 0 aromatic heterocycles. The van der Waals surface area contributed by atoms with Gasteiger partial charge < -0.3 is 4.74 Å². The van der Waals surface area contributed by atoms with E-state index < -0.39 is 22.7 Å². The number of benzene rings is 1. The molecule has 2 fully saturated rings. The zero-order valence-corrected chi connectivity index (χ0v) is 16.0. The number of imide groups is 1. The molecule has 2 unspecified atom stereocenters. The van der Waals surface area contributed by atoms with Crippen molar-refractivity contribution in [2.45, 2.75) is 40.5 Å². The number of piperidine rings is 1. The first-order valence-electron chi connectivity index (χ1n) is 9.10. The quantitative estimate of drug-likeness (QED) is 0.647. The molecule has 2 bridgehead atoms. The van der Waals surface area contributed by atoms with Crippen molar-refractivity contribution in [3.8, 4) is 0 Å². The first-order chi connectivity index (χ1) is 12.6. The van der Waals surface area contributed by atoms with Crippen molar-refractivity contribution in [3.63, 3.8) is 0 Å². The van der Waals surface area contributed by atoms with Crippen LogP contribution in [0.25, 0.3) is 0 Å². The van der Waals surface area contributed by atoms with Crippen molar-refractivity contribution >= 4 is 23.7 Å². The number of esters is 1. The molecule has 7 heteroatoms. The van der Waals surface area contributed by atoms with Gasteiger partial charge in [-0.15, -0.1) is 0 Å². The highest BCUT2D eigenvalue weighted by molar-refractivity contribution is 6.06. The third-order valence-corrected chi connectivity index (χ3v) is 6.29. The Labute approximate surface area is 158 Å². The molecule has 0 spiro atoms. The van der Waals surface area contributed by atoms with Crippen molar-refractivity contribution in [2.24, 2.45) is 16.7 Å². The monoisotopic (exact) mass is 372 g/mol. The van der Waals surface area contributed by atoms with Crippen LogP contribution in [0.1, 0.15) is 61.3 Å². The molecule has 2 atom stereocenters. The number of fused-ring (bicyclic) bond motifs is 2. The molecule has 1 saturated carbocycles. The molecule has 1 N–H and O–H groups in total. The normalized spacial score (nSPS) is 26.1. The molecule has 3 rings (SSSR count). The summed E-state index contributed by atoms with van der Waals surface area (Å²) in [6, 6.07) is 5.86. The lowest BCUT2D eigenvalue weighted by molar-refractivity contribution is -0.171. The summed E-state index contributed by atoms with van der Waals surface area (Å²) in [5, 5.41) is 0.879. The molecule has 1 aromatic carbocycles. The second-order valence-corrected chi connectivity index (χ2v) is 7.86. The first-order valence-corrected chi connectivity index (χ1v) is 9.10. The molecule has 7 nitrogen and oxygen atoms in total. The average Bonchev–Trinajstić information content (AvgIpc) is 2.83. The highest BCUT2D eigenvalue weighted by Crippen LogP contribution is 2.59. The Kier molecular flexibility index (Phi) is 4.57. The SMILES string of the molecule is CCOC(=O)c1ccc(C(=O)NN2C(=O)C3CCC(C)(C2=O)C3(C)C)cc1. The van der Waals surface area contributed by atoms with Gasteiger partial charge in [-0.3, -0.25) is 19.8 Å². The highest BCUT2D eigenvalue weighted by atomic mass is 16.5. The van der Waals surface area contributed by atoms with Gasteiger partial charge in [0.2, 0.25) is 0 Å². The molecular formula is C20H24N2O5. The summed E-state index contributed by atoms with van der Waals surface area (Å²) >= 11 is 0. The molecule has 0 radical (unpaired) electrons. The van der Waals surface area contributed by atoms with Crippen LogP contribution in [0.3, 0.4) is 0 Å². The minimum Gasteiger partial charge on any atom is -0.462 e. The molecule has 3 amide bonds. The van der Waals surface area contributed by atoms with E-state index in [9.17, 15) is 19.2 Å². The molecule has 1 aliphatic heterocycles. The third-order valence-electron chi connectivity index (χ3n) is 6.29. The fourth-order valence-electron chi connectivity index (χ4n) is 4.06. The minimum atomic E-state index is -0.688.